The van der Waals surface area contributed by atoms with E-state index in [1.807, 2.05) is 0 Å². The van der Waals surface area contributed by atoms with Crippen LogP contribution in [0.5, 0.6) is 0 Å². The van der Waals surface area contributed by atoms with Crippen molar-refractivity contribution in [1.82, 2.24) is 10.6 Å². The minimum atomic E-state index is -1.38. The summed E-state index contributed by atoms with van der Waals surface area (Å²) in [5.41, 5.74) is -3.51. The average Bonchev–Trinajstić information content (AvgIpc) is 2.65. The largest absolute Gasteiger partial charge is 0.481 e. The first-order chi connectivity index (χ1) is 14.4. The number of hydrogen-bond acceptors (Lipinski definition) is 8. The van der Waals surface area contributed by atoms with Crippen molar-refractivity contribution in [3.63, 3.8) is 0 Å². The highest BCUT2D eigenvalue weighted by molar-refractivity contribution is 8.09. The highest BCUT2D eigenvalue weighted by Gasteiger charge is 2.47. The normalized spacial score (nSPS) is 14.7. The van der Waals surface area contributed by atoms with E-state index in [4.69, 9.17) is 5.11 Å². The molecule has 0 aliphatic rings. The molecule has 0 aromatic rings. The molecule has 1 radical (unpaired) electrons. The Morgan fingerprint density at radius 3 is 1.81 bits per heavy atom. The number of aliphatic carboxylic acids is 1. The van der Waals surface area contributed by atoms with Crippen LogP contribution in [0.25, 0.3) is 0 Å². The molecule has 0 heterocycles. The zero-order valence-corrected chi connectivity index (χ0v) is 21.5. The van der Waals surface area contributed by atoms with Gasteiger partial charge in [-0.3, -0.25) is 19.7 Å². The fourth-order valence-electron chi connectivity index (χ4n) is 3.36. The van der Waals surface area contributed by atoms with E-state index in [1.165, 1.54) is 20.4 Å². The van der Waals surface area contributed by atoms with Crippen LogP contribution in [0.1, 0.15) is 81.1 Å². The van der Waals surface area contributed by atoms with Crippen LogP contribution in [-0.4, -0.2) is 63.3 Å². The molecule has 0 saturated carbocycles. The van der Waals surface area contributed by atoms with Crippen LogP contribution in [0, 0.1) is 11.3 Å². The topological polar surface area (TPSA) is 133 Å². The zero-order chi connectivity index (χ0) is 25.5. The van der Waals surface area contributed by atoms with Crippen LogP contribution in [0.15, 0.2) is 0 Å². The molecule has 0 aliphatic heterocycles. The molecule has 0 bridgehead atoms. The number of nitrogens with one attached hydrogen (secondary N) is 2. The summed E-state index contributed by atoms with van der Waals surface area (Å²) in [5.74, 6) is -1.65. The predicted octanol–water partition coefficient (Wildman–Crippen LogP) is 1.95. The van der Waals surface area contributed by atoms with Crippen molar-refractivity contribution in [1.29, 1.82) is 0 Å². The number of carboxylic acids is 1. The molecule has 0 aliphatic carbocycles. The summed E-state index contributed by atoms with van der Waals surface area (Å²) < 4.78 is 0. The van der Waals surface area contributed by atoms with Gasteiger partial charge in [0.25, 0.3) is 6.56 Å². The lowest BCUT2D eigenvalue weighted by Crippen LogP contribution is -2.64. The van der Waals surface area contributed by atoms with E-state index >= 15 is 0 Å². The van der Waals surface area contributed by atoms with E-state index in [1.54, 1.807) is 41.5 Å². The van der Waals surface area contributed by atoms with E-state index in [-0.39, 0.29) is 48.9 Å². The number of ketones is 2. The summed E-state index contributed by atoms with van der Waals surface area (Å²) in [5, 5.41) is 25.4. The standard InChI is InChI=1S/C22H40BN2O6S/c1-13(2)18(29)14(9-11-16(26)23-32)24-21(5,6)20(3,4)19(30)15(10-12-17(27)28)25-22(7,8)31/h13-15,24-25,31-32H,9-12H2,1-8H3,(H,27,28). The number of Topliss-reactive ketones (excluding diaryl/α,β-unsaturated/α-hetero) is 2. The van der Waals surface area contributed by atoms with Gasteiger partial charge in [0.1, 0.15) is 5.72 Å². The van der Waals surface area contributed by atoms with Crippen molar-refractivity contribution < 1.29 is 29.4 Å². The first-order valence-electron chi connectivity index (χ1n) is 10.9. The minimum absolute atomic E-state index is 0.0122. The van der Waals surface area contributed by atoms with E-state index < -0.39 is 34.7 Å². The van der Waals surface area contributed by atoms with Gasteiger partial charge in [0.05, 0.1) is 17.8 Å². The summed E-state index contributed by atoms with van der Waals surface area (Å²) in [6.45, 7) is 14.8. The van der Waals surface area contributed by atoms with E-state index in [2.05, 4.69) is 23.1 Å². The first-order valence-corrected chi connectivity index (χ1v) is 11.4. The SMILES string of the molecule is CC(C)C(=O)C(CCC(=O)[B]S)NC(C)(C)C(C)(C)C(=O)C(CCC(=O)O)NC(C)(C)O. The Hall–Kier alpha value is -1.23. The van der Waals surface area contributed by atoms with Gasteiger partial charge in [-0.25, -0.2) is 12.5 Å². The van der Waals surface area contributed by atoms with Gasteiger partial charge in [0.2, 0.25) is 0 Å². The van der Waals surface area contributed by atoms with Crippen molar-refractivity contribution in [2.24, 2.45) is 11.3 Å². The van der Waals surface area contributed by atoms with Crippen LogP contribution < -0.4 is 10.6 Å². The summed E-state index contributed by atoms with van der Waals surface area (Å²) in [6.07, 6.45) is 0.190. The van der Waals surface area contributed by atoms with Crippen LogP contribution in [-0.2, 0) is 19.2 Å². The molecule has 2 unspecified atom stereocenters. The second-order valence-electron chi connectivity index (χ2n) is 10.2. The summed E-state index contributed by atoms with van der Waals surface area (Å²) in [6, 6.07) is -1.55. The third-order valence-electron chi connectivity index (χ3n) is 5.94. The molecule has 4 N–H and O–H groups in total. The maximum Gasteiger partial charge on any atom is 0.303 e. The van der Waals surface area contributed by atoms with Crippen LogP contribution in [0.4, 0.5) is 0 Å². The summed E-state index contributed by atoms with van der Waals surface area (Å²) in [4.78, 5) is 49.2. The second kappa shape index (κ2) is 12.3. The molecule has 0 saturated heterocycles. The lowest BCUT2D eigenvalue weighted by atomic mass is 9.68. The first kappa shape index (κ1) is 30.8. The maximum absolute atomic E-state index is 13.5. The number of hydrogen-bond donors (Lipinski definition) is 5. The molecule has 8 nitrogen and oxygen atoms in total. The Kier molecular flexibility index (Phi) is 11.8. The Balaban J connectivity index is 5.84. The van der Waals surface area contributed by atoms with Crippen LogP contribution in [0.3, 0.4) is 0 Å². The average molecular weight is 471 g/mol. The highest BCUT2D eigenvalue weighted by Crippen LogP contribution is 2.35. The molecule has 0 aromatic carbocycles. The van der Waals surface area contributed by atoms with Gasteiger partial charge in [-0.05, 0) is 47.0 Å². The number of rotatable bonds is 16. The fourth-order valence-corrected chi connectivity index (χ4v) is 3.49. The van der Waals surface area contributed by atoms with E-state index in [0.29, 0.717) is 0 Å². The van der Waals surface area contributed by atoms with Gasteiger partial charge < -0.3 is 20.3 Å². The van der Waals surface area contributed by atoms with Gasteiger partial charge >= 0.3 is 5.97 Å². The second-order valence-corrected chi connectivity index (χ2v) is 10.4. The van der Waals surface area contributed by atoms with Crippen molar-refractivity contribution in [3.05, 3.63) is 0 Å². The van der Waals surface area contributed by atoms with Gasteiger partial charge in [0.15, 0.2) is 11.6 Å². The zero-order valence-electron chi connectivity index (χ0n) is 20.6. The molecule has 0 rings (SSSR count). The molecular weight excluding hydrogens is 431 g/mol. The van der Waals surface area contributed by atoms with Crippen molar-refractivity contribution >= 4 is 42.3 Å². The Morgan fingerprint density at radius 2 is 1.41 bits per heavy atom. The monoisotopic (exact) mass is 471 g/mol. The molecule has 0 amide bonds. The van der Waals surface area contributed by atoms with E-state index in [0.717, 1.165) is 0 Å². The molecule has 2 atom stereocenters. The smallest absolute Gasteiger partial charge is 0.303 e. The van der Waals surface area contributed by atoms with E-state index in [9.17, 15) is 24.3 Å². The number of aliphatic hydroxyl groups is 1. The number of carbonyl (C=O) groups is 4. The number of carbonyl (C=O) groups excluding carboxylic acids is 3. The summed E-state index contributed by atoms with van der Waals surface area (Å²) >= 11 is 3.87. The predicted molar refractivity (Wildman–Crippen MR) is 129 cm³/mol. The lowest BCUT2D eigenvalue weighted by Gasteiger charge is -2.45. The molecule has 0 aromatic heterocycles. The molecular formula is C22H40BN2O6S. The molecule has 183 valence electrons. The van der Waals surface area contributed by atoms with Crippen molar-refractivity contribution in [3.8, 4) is 0 Å². The third kappa shape index (κ3) is 9.73. The Labute approximate surface area is 198 Å². The van der Waals surface area contributed by atoms with Crippen molar-refractivity contribution in [2.75, 3.05) is 0 Å². The van der Waals surface area contributed by atoms with Gasteiger partial charge in [-0.2, -0.15) is 0 Å². The molecule has 0 fully saturated rings. The van der Waals surface area contributed by atoms with Gasteiger partial charge in [-0.15, -0.1) is 0 Å². The maximum atomic E-state index is 13.5. The molecule has 10 heteroatoms. The number of thiol groups is 1. The molecule has 32 heavy (non-hydrogen) atoms. The minimum Gasteiger partial charge on any atom is -0.481 e. The van der Waals surface area contributed by atoms with Gasteiger partial charge in [0, 0.05) is 23.3 Å². The summed E-state index contributed by atoms with van der Waals surface area (Å²) in [7, 11) is 0. The Morgan fingerprint density at radius 1 is 0.906 bits per heavy atom. The molecule has 0 spiro atoms. The quantitative estimate of drug-likeness (QED) is 0.131. The lowest BCUT2D eigenvalue weighted by molar-refractivity contribution is -0.139. The Bertz CT molecular complexity index is 688. The number of carboxylic acid groups (broad SMARTS) is 1. The highest BCUT2D eigenvalue weighted by atomic mass is 32.1. The third-order valence-corrected chi connectivity index (χ3v) is 6.23. The van der Waals surface area contributed by atoms with Crippen molar-refractivity contribution in [2.45, 2.75) is 104 Å². The van der Waals surface area contributed by atoms with Gasteiger partial charge in [-0.1, -0.05) is 27.7 Å². The fraction of sp³-hybridized carbons (Fsp3) is 0.818. The van der Waals surface area contributed by atoms with Crippen LogP contribution >= 0.6 is 12.5 Å². The van der Waals surface area contributed by atoms with Crippen LogP contribution in [0.2, 0.25) is 0 Å².